The van der Waals surface area contributed by atoms with Crippen LogP contribution in [0.2, 0.25) is 5.02 Å². The Hall–Kier alpha value is -1.81. The van der Waals surface area contributed by atoms with Gasteiger partial charge in [0.2, 0.25) is 0 Å². The van der Waals surface area contributed by atoms with Crippen molar-refractivity contribution in [1.82, 2.24) is 9.78 Å². The Morgan fingerprint density at radius 1 is 1.18 bits per heavy atom. The predicted molar refractivity (Wildman–Crippen MR) is 91.7 cm³/mol. The molecule has 0 aliphatic carbocycles. The zero-order valence-electron chi connectivity index (χ0n) is 12.9. The molecule has 2 aromatic rings. The van der Waals surface area contributed by atoms with Gasteiger partial charge >= 0.3 is 0 Å². The first-order chi connectivity index (χ1) is 10.7. The number of rotatable bonds is 8. The maximum atomic E-state index is 12.3. The third-order valence-electron chi connectivity index (χ3n) is 3.51. The maximum absolute atomic E-state index is 12.3. The van der Waals surface area contributed by atoms with Gasteiger partial charge in [-0.3, -0.25) is 4.79 Å². The van der Waals surface area contributed by atoms with Crippen molar-refractivity contribution in [1.29, 1.82) is 0 Å². The zero-order chi connectivity index (χ0) is 15.8. The van der Waals surface area contributed by atoms with Crippen molar-refractivity contribution >= 4 is 17.3 Å². The number of halogens is 1. The van der Waals surface area contributed by atoms with Crippen molar-refractivity contribution in [3.63, 3.8) is 0 Å². The van der Waals surface area contributed by atoms with Crippen molar-refractivity contribution in [3.8, 4) is 0 Å². The van der Waals surface area contributed by atoms with Gasteiger partial charge in [0.15, 0.2) is 0 Å². The molecule has 1 aromatic carbocycles. The second-order valence-corrected chi connectivity index (χ2v) is 5.69. The summed E-state index contributed by atoms with van der Waals surface area (Å²) in [7, 11) is 0. The predicted octanol–water partition coefficient (Wildman–Crippen LogP) is 3.94. The molecule has 0 spiro atoms. The number of nitrogens with one attached hydrogen (secondary N) is 1. The minimum absolute atomic E-state index is 0.210. The van der Waals surface area contributed by atoms with Gasteiger partial charge in [-0.05, 0) is 12.0 Å². The first-order valence-electron chi connectivity index (χ1n) is 7.75. The van der Waals surface area contributed by atoms with Crippen molar-refractivity contribution in [3.05, 3.63) is 57.5 Å². The average Bonchev–Trinajstić information content (AvgIpc) is 2.54. The maximum Gasteiger partial charge on any atom is 0.287 e. The second-order valence-electron chi connectivity index (χ2n) is 5.31. The summed E-state index contributed by atoms with van der Waals surface area (Å²) in [6.45, 7) is 3.42. The third kappa shape index (κ3) is 4.60. The summed E-state index contributed by atoms with van der Waals surface area (Å²) in [5, 5.41) is 7.61. The van der Waals surface area contributed by atoms with Crippen LogP contribution in [0, 0.1) is 0 Å². The van der Waals surface area contributed by atoms with Gasteiger partial charge in [0.05, 0.1) is 18.4 Å². The topological polar surface area (TPSA) is 46.9 Å². The molecule has 0 aliphatic rings. The SMILES string of the molecule is CCCCCCNc1cnn(Cc2ccccc2)c(=O)c1Cl. The van der Waals surface area contributed by atoms with E-state index in [1.54, 1.807) is 6.20 Å². The van der Waals surface area contributed by atoms with E-state index in [-0.39, 0.29) is 10.6 Å². The van der Waals surface area contributed by atoms with Gasteiger partial charge in [-0.15, -0.1) is 0 Å². The zero-order valence-corrected chi connectivity index (χ0v) is 13.6. The highest BCUT2D eigenvalue weighted by atomic mass is 35.5. The lowest BCUT2D eigenvalue weighted by molar-refractivity contribution is 0.638. The molecule has 4 nitrogen and oxygen atoms in total. The van der Waals surface area contributed by atoms with E-state index in [0.717, 1.165) is 18.5 Å². The Balaban J connectivity index is 2.01. The molecule has 0 bridgehead atoms. The van der Waals surface area contributed by atoms with E-state index >= 15 is 0 Å². The fourth-order valence-corrected chi connectivity index (χ4v) is 2.45. The van der Waals surface area contributed by atoms with E-state index in [4.69, 9.17) is 11.6 Å². The second kappa shape index (κ2) is 8.59. The van der Waals surface area contributed by atoms with Crippen LogP contribution in [0.5, 0.6) is 0 Å². The quantitative estimate of drug-likeness (QED) is 0.750. The molecule has 0 saturated heterocycles. The minimum atomic E-state index is -0.260. The lowest BCUT2D eigenvalue weighted by atomic mass is 10.2. The van der Waals surface area contributed by atoms with Crippen LogP contribution in [0.3, 0.4) is 0 Å². The molecule has 0 radical (unpaired) electrons. The van der Waals surface area contributed by atoms with Crippen LogP contribution in [0.4, 0.5) is 5.69 Å². The molecule has 118 valence electrons. The Labute approximate surface area is 136 Å². The van der Waals surface area contributed by atoms with Crippen molar-refractivity contribution in [2.75, 3.05) is 11.9 Å². The van der Waals surface area contributed by atoms with Crippen LogP contribution in [0.15, 0.2) is 41.3 Å². The molecular weight excluding hydrogens is 298 g/mol. The molecule has 0 saturated carbocycles. The summed E-state index contributed by atoms with van der Waals surface area (Å²) >= 11 is 6.17. The molecule has 2 rings (SSSR count). The fraction of sp³-hybridized carbons (Fsp3) is 0.412. The third-order valence-corrected chi connectivity index (χ3v) is 3.87. The molecule has 0 amide bonds. The van der Waals surface area contributed by atoms with Crippen molar-refractivity contribution in [2.24, 2.45) is 0 Å². The van der Waals surface area contributed by atoms with Crippen LogP contribution in [-0.4, -0.2) is 16.3 Å². The van der Waals surface area contributed by atoms with Crippen LogP contribution >= 0.6 is 11.6 Å². The Morgan fingerprint density at radius 3 is 2.68 bits per heavy atom. The summed E-state index contributed by atoms with van der Waals surface area (Å²) in [5.41, 5.74) is 1.38. The summed E-state index contributed by atoms with van der Waals surface area (Å²) in [5.74, 6) is 0. The number of benzene rings is 1. The Kier molecular flexibility index (Phi) is 6.46. The summed E-state index contributed by atoms with van der Waals surface area (Å²) < 4.78 is 1.39. The van der Waals surface area contributed by atoms with Crippen molar-refractivity contribution in [2.45, 2.75) is 39.2 Å². The van der Waals surface area contributed by atoms with Gasteiger partial charge in [-0.2, -0.15) is 5.10 Å². The lowest BCUT2D eigenvalue weighted by Gasteiger charge is -2.10. The average molecular weight is 320 g/mol. The van der Waals surface area contributed by atoms with Gasteiger partial charge in [0.1, 0.15) is 5.02 Å². The largest absolute Gasteiger partial charge is 0.382 e. The minimum Gasteiger partial charge on any atom is -0.382 e. The standard InChI is InChI=1S/C17H22ClN3O/c1-2-3-4-8-11-19-15-12-20-21(17(22)16(15)18)13-14-9-6-5-7-10-14/h5-7,9-10,12,19H,2-4,8,11,13H2,1H3. The lowest BCUT2D eigenvalue weighted by Crippen LogP contribution is -2.25. The van der Waals surface area contributed by atoms with E-state index in [0.29, 0.717) is 12.2 Å². The van der Waals surface area contributed by atoms with Crippen LogP contribution in [0.1, 0.15) is 38.2 Å². The van der Waals surface area contributed by atoms with E-state index in [9.17, 15) is 4.79 Å². The highest BCUT2D eigenvalue weighted by Gasteiger charge is 2.09. The smallest absolute Gasteiger partial charge is 0.287 e. The highest BCUT2D eigenvalue weighted by Crippen LogP contribution is 2.15. The first-order valence-corrected chi connectivity index (χ1v) is 8.13. The van der Waals surface area contributed by atoms with Gasteiger partial charge in [-0.1, -0.05) is 68.1 Å². The Bertz CT molecular complexity index is 640. The monoisotopic (exact) mass is 319 g/mol. The van der Waals surface area contributed by atoms with Gasteiger partial charge in [0, 0.05) is 6.54 Å². The van der Waals surface area contributed by atoms with E-state index < -0.39 is 0 Å². The fourth-order valence-electron chi connectivity index (χ4n) is 2.23. The molecule has 0 unspecified atom stereocenters. The molecule has 1 aromatic heterocycles. The number of anilines is 1. The number of hydrogen-bond acceptors (Lipinski definition) is 3. The molecule has 1 N–H and O–H groups in total. The molecule has 5 heteroatoms. The Morgan fingerprint density at radius 2 is 1.95 bits per heavy atom. The van der Waals surface area contributed by atoms with Crippen LogP contribution < -0.4 is 10.9 Å². The van der Waals surface area contributed by atoms with Gasteiger partial charge < -0.3 is 5.32 Å². The highest BCUT2D eigenvalue weighted by molar-refractivity contribution is 6.32. The molecule has 0 fully saturated rings. The van der Waals surface area contributed by atoms with E-state index in [2.05, 4.69) is 17.3 Å². The van der Waals surface area contributed by atoms with Crippen LogP contribution in [-0.2, 0) is 6.54 Å². The normalized spacial score (nSPS) is 10.6. The number of aromatic nitrogens is 2. The van der Waals surface area contributed by atoms with E-state index in [1.165, 1.54) is 23.9 Å². The molecular formula is C17H22ClN3O. The molecule has 0 atom stereocenters. The number of nitrogens with zero attached hydrogens (tertiary/aromatic N) is 2. The van der Waals surface area contributed by atoms with Gasteiger partial charge in [0.25, 0.3) is 5.56 Å². The molecule has 22 heavy (non-hydrogen) atoms. The number of unbranched alkanes of at least 4 members (excludes halogenated alkanes) is 3. The molecule has 0 aliphatic heterocycles. The summed E-state index contributed by atoms with van der Waals surface area (Å²) in [6.07, 6.45) is 6.31. The molecule has 1 heterocycles. The summed E-state index contributed by atoms with van der Waals surface area (Å²) in [6, 6.07) is 9.74. The first kappa shape index (κ1) is 16.6. The van der Waals surface area contributed by atoms with Crippen LogP contribution in [0.25, 0.3) is 0 Å². The number of hydrogen-bond donors (Lipinski definition) is 1. The summed E-state index contributed by atoms with van der Waals surface area (Å²) in [4.78, 5) is 12.3. The van der Waals surface area contributed by atoms with Gasteiger partial charge in [-0.25, -0.2) is 4.68 Å². The van der Waals surface area contributed by atoms with E-state index in [1.807, 2.05) is 30.3 Å². The van der Waals surface area contributed by atoms with Crippen molar-refractivity contribution < 1.29 is 0 Å².